The molecular weight excluding hydrogens is 294 g/mol. The highest BCUT2D eigenvalue weighted by Gasteiger charge is 2.09. The molecule has 0 aliphatic carbocycles. The number of hydrogen-bond acceptors (Lipinski definition) is 2. The Hall–Kier alpha value is -1.51. The van der Waals surface area contributed by atoms with E-state index in [4.69, 9.17) is 22.1 Å². The van der Waals surface area contributed by atoms with Gasteiger partial charge in [0.05, 0.1) is 6.61 Å². The second-order valence-corrected chi connectivity index (χ2v) is 6.18. The van der Waals surface area contributed by atoms with Crippen LogP contribution in [0.2, 0.25) is 5.02 Å². The van der Waals surface area contributed by atoms with Crippen LogP contribution in [0.25, 0.3) is 0 Å². The first-order valence-electron chi connectivity index (χ1n) is 7.75. The molecule has 0 spiro atoms. The molecule has 2 N–H and O–H groups in total. The van der Waals surface area contributed by atoms with Gasteiger partial charge in [0.25, 0.3) is 0 Å². The zero-order valence-corrected chi connectivity index (χ0v) is 14.1. The molecule has 0 aliphatic heterocycles. The predicted octanol–water partition coefficient (Wildman–Crippen LogP) is 4.86. The normalized spacial score (nSPS) is 12.2. The Bertz CT molecular complexity index is 595. The molecule has 3 heteroatoms. The molecule has 0 bridgehead atoms. The highest BCUT2D eigenvalue weighted by molar-refractivity contribution is 6.30. The molecule has 0 heterocycles. The van der Waals surface area contributed by atoms with Crippen molar-refractivity contribution in [1.29, 1.82) is 0 Å². The van der Waals surface area contributed by atoms with Gasteiger partial charge in [-0.05, 0) is 68.5 Å². The van der Waals surface area contributed by atoms with Crippen molar-refractivity contribution in [2.24, 2.45) is 5.73 Å². The Balaban J connectivity index is 1.82. The second kappa shape index (κ2) is 8.21. The van der Waals surface area contributed by atoms with E-state index in [9.17, 15) is 0 Å². The van der Waals surface area contributed by atoms with E-state index >= 15 is 0 Å². The van der Waals surface area contributed by atoms with Gasteiger partial charge in [-0.25, -0.2) is 0 Å². The summed E-state index contributed by atoms with van der Waals surface area (Å²) in [5, 5.41) is 0.743. The fraction of sp³-hybridized carbons (Fsp3) is 0.368. The molecule has 1 unspecified atom stereocenters. The quantitative estimate of drug-likeness (QED) is 0.740. The van der Waals surface area contributed by atoms with Gasteiger partial charge in [-0.2, -0.15) is 0 Å². The van der Waals surface area contributed by atoms with Crippen molar-refractivity contribution in [3.05, 3.63) is 64.2 Å². The molecule has 0 saturated carbocycles. The van der Waals surface area contributed by atoms with E-state index in [0.29, 0.717) is 19.1 Å². The second-order valence-electron chi connectivity index (χ2n) is 5.74. The van der Waals surface area contributed by atoms with Crippen molar-refractivity contribution in [3.63, 3.8) is 0 Å². The summed E-state index contributed by atoms with van der Waals surface area (Å²) in [5.41, 5.74) is 9.59. The number of aryl methyl sites for hydroxylation is 2. The van der Waals surface area contributed by atoms with E-state index in [1.165, 1.54) is 11.1 Å². The van der Waals surface area contributed by atoms with Crippen molar-refractivity contribution in [2.45, 2.75) is 32.6 Å². The van der Waals surface area contributed by atoms with Gasteiger partial charge in [0, 0.05) is 5.02 Å². The maximum atomic E-state index is 5.95. The van der Waals surface area contributed by atoms with Crippen molar-refractivity contribution in [1.82, 2.24) is 0 Å². The van der Waals surface area contributed by atoms with Gasteiger partial charge in [-0.1, -0.05) is 41.4 Å². The molecular formula is C19H24ClNO. The van der Waals surface area contributed by atoms with E-state index in [2.05, 4.69) is 31.2 Å². The Morgan fingerprint density at radius 2 is 1.82 bits per heavy atom. The number of halogens is 1. The lowest BCUT2D eigenvalue weighted by atomic mass is 9.94. The van der Waals surface area contributed by atoms with Crippen molar-refractivity contribution < 1.29 is 4.74 Å². The predicted molar refractivity (Wildman–Crippen MR) is 93.9 cm³/mol. The van der Waals surface area contributed by atoms with Crippen LogP contribution in [0, 0.1) is 13.8 Å². The Morgan fingerprint density at radius 1 is 1.09 bits per heavy atom. The Labute approximate surface area is 138 Å². The zero-order chi connectivity index (χ0) is 15.9. The summed E-state index contributed by atoms with van der Waals surface area (Å²) in [6.45, 7) is 5.48. The highest BCUT2D eigenvalue weighted by atomic mass is 35.5. The minimum Gasteiger partial charge on any atom is -0.493 e. The maximum absolute atomic E-state index is 5.95. The largest absolute Gasteiger partial charge is 0.493 e. The molecule has 0 aromatic heterocycles. The van der Waals surface area contributed by atoms with Crippen molar-refractivity contribution in [2.75, 3.05) is 13.2 Å². The Kier molecular flexibility index (Phi) is 6.29. The summed E-state index contributed by atoms with van der Waals surface area (Å²) >= 11 is 5.95. The third kappa shape index (κ3) is 4.75. The van der Waals surface area contributed by atoms with Gasteiger partial charge in [0.2, 0.25) is 0 Å². The van der Waals surface area contributed by atoms with Gasteiger partial charge in [0.15, 0.2) is 0 Å². The van der Waals surface area contributed by atoms with Gasteiger partial charge in [-0.15, -0.1) is 0 Å². The fourth-order valence-corrected chi connectivity index (χ4v) is 2.77. The van der Waals surface area contributed by atoms with Gasteiger partial charge in [-0.3, -0.25) is 0 Å². The Morgan fingerprint density at radius 3 is 2.45 bits per heavy atom. The molecule has 2 aromatic rings. The van der Waals surface area contributed by atoms with Crippen molar-refractivity contribution in [3.8, 4) is 5.75 Å². The molecule has 2 aromatic carbocycles. The zero-order valence-electron chi connectivity index (χ0n) is 13.3. The molecule has 0 aliphatic rings. The molecule has 0 saturated heterocycles. The van der Waals surface area contributed by atoms with Gasteiger partial charge in [0.1, 0.15) is 5.75 Å². The standard InChI is InChI=1S/C19H24ClNO/c1-14-5-7-16(8-6-14)17(13-21)4-3-11-22-19-10-9-18(20)12-15(19)2/h5-10,12,17H,3-4,11,13,21H2,1-2H3. The lowest BCUT2D eigenvalue weighted by Gasteiger charge is -2.16. The van der Waals surface area contributed by atoms with E-state index in [0.717, 1.165) is 29.2 Å². The number of ether oxygens (including phenoxy) is 1. The number of rotatable bonds is 7. The monoisotopic (exact) mass is 317 g/mol. The van der Waals surface area contributed by atoms with E-state index in [1.54, 1.807) is 0 Å². The summed E-state index contributed by atoms with van der Waals surface area (Å²) < 4.78 is 5.84. The molecule has 0 amide bonds. The lowest BCUT2D eigenvalue weighted by molar-refractivity contribution is 0.300. The highest BCUT2D eigenvalue weighted by Crippen LogP contribution is 2.23. The summed E-state index contributed by atoms with van der Waals surface area (Å²) in [6, 6.07) is 14.4. The SMILES string of the molecule is Cc1ccc(C(CN)CCCOc2ccc(Cl)cc2C)cc1. The summed E-state index contributed by atoms with van der Waals surface area (Å²) in [7, 11) is 0. The first kappa shape index (κ1) is 16.9. The van der Waals surface area contributed by atoms with Crippen LogP contribution in [0.15, 0.2) is 42.5 Å². The minimum atomic E-state index is 0.399. The van der Waals surface area contributed by atoms with E-state index in [1.807, 2.05) is 25.1 Å². The summed E-state index contributed by atoms with van der Waals surface area (Å²) in [4.78, 5) is 0. The number of hydrogen-bond donors (Lipinski definition) is 1. The maximum Gasteiger partial charge on any atom is 0.122 e. The van der Waals surface area contributed by atoms with Crippen LogP contribution >= 0.6 is 11.6 Å². The third-order valence-electron chi connectivity index (χ3n) is 3.92. The molecule has 2 rings (SSSR count). The first-order chi connectivity index (χ1) is 10.6. The average Bonchev–Trinajstić information content (AvgIpc) is 2.50. The average molecular weight is 318 g/mol. The first-order valence-corrected chi connectivity index (χ1v) is 8.13. The molecule has 1 atom stereocenters. The van der Waals surface area contributed by atoms with Crippen LogP contribution in [0.3, 0.4) is 0 Å². The molecule has 0 radical (unpaired) electrons. The van der Waals surface area contributed by atoms with Crippen LogP contribution in [-0.4, -0.2) is 13.2 Å². The molecule has 0 fully saturated rings. The number of benzene rings is 2. The van der Waals surface area contributed by atoms with Crippen LogP contribution in [0.1, 0.15) is 35.4 Å². The van der Waals surface area contributed by atoms with E-state index in [-0.39, 0.29) is 0 Å². The van der Waals surface area contributed by atoms with Crippen LogP contribution < -0.4 is 10.5 Å². The lowest BCUT2D eigenvalue weighted by Crippen LogP contribution is -2.13. The minimum absolute atomic E-state index is 0.399. The van der Waals surface area contributed by atoms with Crippen LogP contribution in [-0.2, 0) is 0 Å². The topological polar surface area (TPSA) is 35.2 Å². The molecule has 22 heavy (non-hydrogen) atoms. The summed E-state index contributed by atoms with van der Waals surface area (Å²) in [6.07, 6.45) is 2.02. The van der Waals surface area contributed by atoms with Gasteiger partial charge >= 0.3 is 0 Å². The smallest absolute Gasteiger partial charge is 0.122 e. The van der Waals surface area contributed by atoms with Crippen molar-refractivity contribution >= 4 is 11.6 Å². The van der Waals surface area contributed by atoms with E-state index < -0.39 is 0 Å². The van der Waals surface area contributed by atoms with Gasteiger partial charge < -0.3 is 10.5 Å². The third-order valence-corrected chi connectivity index (χ3v) is 4.16. The molecule has 118 valence electrons. The fourth-order valence-electron chi connectivity index (χ4n) is 2.55. The van der Waals surface area contributed by atoms with Crippen LogP contribution in [0.5, 0.6) is 5.75 Å². The summed E-state index contributed by atoms with van der Waals surface area (Å²) in [5.74, 6) is 1.31. The molecule has 2 nitrogen and oxygen atoms in total. The van der Waals surface area contributed by atoms with Crippen LogP contribution in [0.4, 0.5) is 0 Å². The number of nitrogens with two attached hydrogens (primary N) is 1.